The normalized spacial score (nSPS) is 11.4. The predicted octanol–water partition coefficient (Wildman–Crippen LogP) is 2.94. The van der Waals surface area contributed by atoms with Crippen molar-refractivity contribution in [2.75, 3.05) is 7.11 Å². The smallest absolute Gasteiger partial charge is 0.400 e. The quantitative estimate of drug-likeness (QED) is 0.541. The van der Waals surface area contributed by atoms with Gasteiger partial charge in [0.2, 0.25) is 0 Å². The van der Waals surface area contributed by atoms with Crippen molar-refractivity contribution in [2.45, 2.75) is 26.7 Å². The number of nitrogens with one attached hydrogen (secondary N) is 2. The first-order valence-electron chi connectivity index (χ1n) is 8.07. The summed E-state index contributed by atoms with van der Waals surface area (Å²) in [5.74, 6) is 0.305. The van der Waals surface area contributed by atoms with E-state index in [2.05, 4.69) is 9.97 Å². The van der Waals surface area contributed by atoms with Crippen LogP contribution in [-0.2, 0) is 12.8 Å². The number of aromatic nitrogens is 3. The molecule has 0 atom stereocenters. The molecule has 2 N–H and O–H groups in total. The van der Waals surface area contributed by atoms with Crippen LogP contribution in [0.1, 0.15) is 30.8 Å². The molecule has 0 aliphatic heterocycles. The molecule has 1 aromatic carbocycles. The van der Waals surface area contributed by atoms with Crippen molar-refractivity contribution in [2.24, 2.45) is 5.92 Å². The van der Waals surface area contributed by atoms with Crippen LogP contribution in [0.4, 0.5) is 0 Å². The molecular weight excluding hydrogens is 342 g/mol. The lowest BCUT2D eigenvalue weighted by molar-refractivity contribution is -0.622. The molecule has 3 rings (SSSR count). The van der Waals surface area contributed by atoms with Crippen LogP contribution >= 0.6 is 11.6 Å². The third kappa shape index (κ3) is 3.35. The standard InChI is InChI=1S/C18H20ClN3O3/c1-10(2)6-16-17(23)21-15(18(25-3)22(16)24)7-11-9-20-14-5-4-12(19)8-13(11)14/h4-5,8-10,20H,6-7H2,1-3H3,(H,21,23). The third-order valence-corrected chi connectivity index (χ3v) is 4.34. The Labute approximate surface area is 150 Å². The van der Waals surface area contributed by atoms with E-state index in [1.54, 1.807) is 6.07 Å². The van der Waals surface area contributed by atoms with Gasteiger partial charge in [0.1, 0.15) is 5.69 Å². The second-order valence-corrected chi connectivity index (χ2v) is 6.90. The van der Waals surface area contributed by atoms with E-state index in [1.807, 2.05) is 32.2 Å². The minimum absolute atomic E-state index is 0.117. The molecular formula is C18H20ClN3O3. The highest BCUT2D eigenvalue weighted by Gasteiger charge is 2.24. The van der Waals surface area contributed by atoms with Crippen molar-refractivity contribution < 1.29 is 9.47 Å². The van der Waals surface area contributed by atoms with Gasteiger partial charge in [-0.2, -0.15) is 0 Å². The molecule has 0 amide bonds. The molecule has 0 saturated carbocycles. The first kappa shape index (κ1) is 17.4. The number of aromatic amines is 2. The van der Waals surface area contributed by atoms with E-state index in [1.165, 1.54) is 7.11 Å². The molecule has 0 radical (unpaired) electrons. The fourth-order valence-electron chi connectivity index (χ4n) is 2.98. The van der Waals surface area contributed by atoms with Gasteiger partial charge in [-0.3, -0.25) is 4.79 Å². The fraction of sp³-hybridized carbons (Fsp3) is 0.333. The summed E-state index contributed by atoms with van der Waals surface area (Å²) in [5.41, 5.74) is 2.08. The van der Waals surface area contributed by atoms with Crippen LogP contribution < -0.4 is 15.0 Å². The summed E-state index contributed by atoms with van der Waals surface area (Å²) < 4.78 is 5.89. The first-order valence-corrected chi connectivity index (χ1v) is 8.45. The van der Waals surface area contributed by atoms with Crippen LogP contribution in [0.15, 0.2) is 29.2 Å². The first-order chi connectivity index (χ1) is 11.9. The maximum Gasteiger partial charge on any atom is 0.400 e. The number of rotatable bonds is 5. The number of nitrogens with zero attached hydrogens (tertiary/aromatic N) is 1. The van der Waals surface area contributed by atoms with Gasteiger partial charge in [-0.25, -0.2) is 0 Å². The van der Waals surface area contributed by atoms with Crippen LogP contribution in [0.3, 0.4) is 0 Å². The number of halogens is 1. The van der Waals surface area contributed by atoms with Crippen LogP contribution in [0, 0.1) is 11.1 Å². The van der Waals surface area contributed by atoms with Crippen LogP contribution in [0.2, 0.25) is 5.02 Å². The number of hydrogen-bond donors (Lipinski definition) is 2. The number of ether oxygens (including phenoxy) is 1. The molecule has 132 valence electrons. The van der Waals surface area contributed by atoms with Crippen molar-refractivity contribution in [3.05, 3.63) is 61.9 Å². The van der Waals surface area contributed by atoms with Gasteiger partial charge in [0.25, 0.3) is 5.69 Å². The molecule has 0 spiro atoms. The van der Waals surface area contributed by atoms with Gasteiger partial charge in [-0.05, 0) is 29.7 Å². The maximum absolute atomic E-state index is 12.6. The monoisotopic (exact) mass is 361 g/mol. The number of methoxy groups -OCH3 is 1. The minimum Gasteiger partial charge on any atom is -0.616 e. The van der Waals surface area contributed by atoms with Crippen LogP contribution in [0.5, 0.6) is 5.88 Å². The largest absolute Gasteiger partial charge is 0.616 e. The second kappa shape index (κ2) is 6.80. The molecule has 0 fully saturated rings. The Morgan fingerprint density at radius 2 is 2.12 bits per heavy atom. The Morgan fingerprint density at radius 3 is 2.80 bits per heavy atom. The summed E-state index contributed by atoms with van der Waals surface area (Å²) in [6, 6.07) is 5.55. The maximum atomic E-state index is 12.6. The van der Waals surface area contributed by atoms with Crippen LogP contribution in [-0.4, -0.2) is 17.1 Å². The van der Waals surface area contributed by atoms with Crippen molar-refractivity contribution >= 4 is 22.5 Å². The van der Waals surface area contributed by atoms with Crippen LogP contribution in [0.25, 0.3) is 10.9 Å². The summed E-state index contributed by atoms with van der Waals surface area (Å²) >= 11 is 6.08. The van der Waals surface area contributed by atoms with Crippen molar-refractivity contribution in [3.8, 4) is 5.88 Å². The van der Waals surface area contributed by atoms with Gasteiger partial charge in [0, 0.05) is 35.0 Å². The fourth-order valence-corrected chi connectivity index (χ4v) is 3.15. The summed E-state index contributed by atoms with van der Waals surface area (Å²) in [4.78, 5) is 18.3. The Morgan fingerprint density at radius 1 is 1.36 bits per heavy atom. The lowest BCUT2D eigenvalue weighted by atomic mass is 10.1. The number of benzene rings is 1. The highest BCUT2D eigenvalue weighted by molar-refractivity contribution is 6.31. The van der Waals surface area contributed by atoms with Gasteiger partial charge in [-0.15, -0.1) is 4.73 Å². The Bertz CT molecular complexity index is 976. The Balaban J connectivity index is 2.07. The highest BCUT2D eigenvalue weighted by Crippen LogP contribution is 2.25. The molecule has 0 unspecified atom stereocenters. The van der Waals surface area contributed by atoms with Crippen molar-refractivity contribution in [1.82, 2.24) is 9.97 Å². The highest BCUT2D eigenvalue weighted by atomic mass is 35.5. The zero-order chi connectivity index (χ0) is 18.1. The SMILES string of the molecule is COc1c(Cc2c[nH]c3ccc(Cl)cc23)[nH]c(=O)c(CC(C)C)[n+]1[O-]. The lowest BCUT2D eigenvalue weighted by Gasteiger charge is -2.12. The second-order valence-electron chi connectivity index (χ2n) is 6.46. The molecule has 25 heavy (non-hydrogen) atoms. The van der Waals surface area contributed by atoms with E-state index in [4.69, 9.17) is 16.3 Å². The number of hydrogen-bond acceptors (Lipinski definition) is 3. The minimum atomic E-state index is -0.377. The Kier molecular flexibility index (Phi) is 4.72. The van der Waals surface area contributed by atoms with Gasteiger partial charge in [0.05, 0.1) is 7.11 Å². The van der Waals surface area contributed by atoms with E-state index in [9.17, 15) is 10.0 Å². The molecule has 7 heteroatoms. The molecule has 3 aromatic rings. The average Bonchev–Trinajstić information content (AvgIpc) is 2.94. The zero-order valence-electron chi connectivity index (χ0n) is 14.4. The zero-order valence-corrected chi connectivity index (χ0v) is 15.1. The molecule has 0 aliphatic carbocycles. The van der Waals surface area contributed by atoms with Gasteiger partial charge < -0.3 is 19.9 Å². The molecule has 6 nitrogen and oxygen atoms in total. The molecule has 0 bridgehead atoms. The van der Waals surface area contributed by atoms with Gasteiger partial charge in [-0.1, -0.05) is 25.4 Å². The van der Waals surface area contributed by atoms with E-state index >= 15 is 0 Å². The molecule has 2 heterocycles. The summed E-state index contributed by atoms with van der Waals surface area (Å²) in [6.07, 6.45) is 2.58. The van der Waals surface area contributed by atoms with E-state index < -0.39 is 0 Å². The number of fused-ring (bicyclic) bond motifs is 1. The third-order valence-electron chi connectivity index (χ3n) is 4.11. The van der Waals surface area contributed by atoms with E-state index in [0.29, 0.717) is 28.3 Å². The number of H-pyrrole nitrogens is 2. The van der Waals surface area contributed by atoms with E-state index in [-0.39, 0.29) is 23.1 Å². The lowest BCUT2D eigenvalue weighted by Crippen LogP contribution is -2.43. The summed E-state index contributed by atoms with van der Waals surface area (Å²) in [5, 5.41) is 14.1. The summed E-state index contributed by atoms with van der Waals surface area (Å²) in [7, 11) is 1.43. The predicted molar refractivity (Wildman–Crippen MR) is 97.2 cm³/mol. The van der Waals surface area contributed by atoms with Gasteiger partial charge >= 0.3 is 11.4 Å². The molecule has 0 aliphatic rings. The van der Waals surface area contributed by atoms with Crippen molar-refractivity contribution in [3.63, 3.8) is 0 Å². The molecule has 2 aromatic heterocycles. The van der Waals surface area contributed by atoms with Gasteiger partial charge in [0.15, 0.2) is 0 Å². The summed E-state index contributed by atoms with van der Waals surface area (Å²) in [6.45, 7) is 3.91. The average molecular weight is 362 g/mol. The topological polar surface area (TPSA) is 84.8 Å². The van der Waals surface area contributed by atoms with Crippen molar-refractivity contribution in [1.29, 1.82) is 0 Å². The Hall–Kier alpha value is -2.47. The van der Waals surface area contributed by atoms with E-state index in [0.717, 1.165) is 16.5 Å². The molecule has 0 saturated heterocycles.